The molecule has 0 unspecified atom stereocenters. The molecule has 0 spiro atoms. The average molecular weight is 417 g/mol. The molecule has 0 heterocycles. The maximum Gasteiger partial charge on any atom is 0.134 e. The minimum absolute atomic E-state index is 0.773. The quantitative estimate of drug-likeness (QED) is 0.329. The van der Waals surface area contributed by atoms with Gasteiger partial charge in [0, 0.05) is 50.4 Å². The molecule has 3 nitrogen and oxygen atoms in total. The van der Waals surface area contributed by atoms with Crippen LogP contribution >= 0.6 is 0 Å². The van der Waals surface area contributed by atoms with Crippen LogP contribution in [0.3, 0.4) is 0 Å². The summed E-state index contributed by atoms with van der Waals surface area (Å²) < 4.78 is 6.66. The van der Waals surface area contributed by atoms with Crippen LogP contribution in [0, 0.1) is 13.8 Å². The van der Waals surface area contributed by atoms with E-state index in [1.165, 1.54) is 0 Å². The molecule has 31 heavy (non-hydrogen) atoms. The molecule has 2 aromatic carbocycles. The maximum absolute atomic E-state index is 6.66. The van der Waals surface area contributed by atoms with Crippen LogP contribution in [0.25, 0.3) is 0 Å². The van der Waals surface area contributed by atoms with Crippen molar-refractivity contribution in [3.8, 4) is 11.5 Å². The lowest BCUT2D eigenvalue weighted by molar-refractivity contribution is 0.315. The van der Waals surface area contributed by atoms with Crippen LogP contribution in [0.5, 0.6) is 11.5 Å². The normalized spacial score (nSPS) is 10.8. The van der Waals surface area contributed by atoms with Crippen LogP contribution in [0.2, 0.25) is 0 Å². The first-order valence-electron chi connectivity index (χ1n) is 10.8. The van der Waals surface area contributed by atoms with Crippen LogP contribution < -0.4 is 4.74 Å². The van der Waals surface area contributed by atoms with E-state index >= 15 is 0 Å². The van der Waals surface area contributed by atoms with E-state index in [1.54, 1.807) is 0 Å². The number of nitrogens with zero attached hydrogens (tertiary/aromatic N) is 2. The van der Waals surface area contributed by atoms with Crippen molar-refractivity contribution in [3.63, 3.8) is 0 Å². The summed E-state index contributed by atoms with van der Waals surface area (Å²) in [6.45, 7) is 24.5. The number of hydrogen-bond donors (Lipinski definition) is 0. The van der Waals surface area contributed by atoms with Gasteiger partial charge < -0.3 is 4.74 Å². The summed E-state index contributed by atoms with van der Waals surface area (Å²) in [4.78, 5) is 4.58. The number of hydrogen-bond acceptors (Lipinski definition) is 3. The summed E-state index contributed by atoms with van der Waals surface area (Å²) in [5, 5.41) is 0. The Morgan fingerprint density at radius 3 is 1.32 bits per heavy atom. The second-order valence-corrected chi connectivity index (χ2v) is 7.77. The highest BCUT2D eigenvalue weighted by Crippen LogP contribution is 2.34. The van der Waals surface area contributed by atoms with E-state index in [0.717, 1.165) is 73.0 Å². The zero-order valence-corrected chi connectivity index (χ0v) is 19.1. The number of ether oxygens (including phenoxy) is 1. The Morgan fingerprint density at radius 1 is 0.645 bits per heavy atom. The van der Waals surface area contributed by atoms with Crippen molar-refractivity contribution in [2.75, 3.05) is 26.2 Å². The Morgan fingerprint density at radius 2 is 1.00 bits per heavy atom. The van der Waals surface area contributed by atoms with E-state index < -0.39 is 0 Å². The van der Waals surface area contributed by atoms with Gasteiger partial charge in [-0.1, -0.05) is 60.7 Å². The fourth-order valence-electron chi connectivity index (χ4n) is 3.69. The third-order valence-electron chi connectivity index (χ3n) is 5.13. The van der Waals surface area contributed by atoms with Crippen LogP contribution in [-0.2, 0) is 13.1 Å². The largest absolute Gasteiger partial charge is 0.456 e. The average Bonchev–Trinajstić information content (AvgIpc) is 2.73. The van der Waals surface area contributed by atoms with Crippen LogP contribution in [-0.4, -0.2) is 36.0 Å². The smallest absolute Gasteiger partial charge is 0.134 e. The summed E-state index contributed by atoms with van der Waals surface area (Å²) in [5.74, 6) is 1.85. The lowest BCUT2D eigenvalue weighted by Gasteiger charge is -2.24. The molecule has 164 valence electrons. The van der Waals surface area contributed by atoms with Crippen molar-refractivity contribution in [1.82, 2.24) is 9.80 Å². The van der Waals surface area contributed by atoms with E-state index in [9.17, 15) is 0 Å². The first kappa shape index (κ1) is 24.4. The molecule has 0 aliphatic rings. The number of aryl methyl sites for hydroxylation is 2. The third kappa shape index (κ3) is 7.09. The lowest BCUT2D eigenvalue weighted by Crippen LogP contribution is -2.24. The summed E-state index contributed by atoms with van der Waals surface area (Å²) in [5.41, 5.74) is 4.56. The summed E-state index contributed by atoms with van der Waals surface area (Å²) in [6.07, 6.45) is 7.69. The molecule has 0 aromatic heterocycles. The van der Waals surface area contributed by atoms with Crippen LogP contribution in [0.15, 0.2) is 87.0 Å². The highest BCUT2D eigenvalue weighted by Gasteiger charge is 2.16. The predicted octanol–water partition coefficient (Wildman–Crippen LogP) is 6.44. The van der Waals surface area contributed by atoms with E-state index in [2.05, 4.69) is 86.4 Å². The zero-order chi connectivity index (χ0) is 22.6. The predicted molar refractivity (Wildman–Crippen MR) is 134 cm³/mol. The minimum atomic E-state index is 0.773. The van der Waals surface area contributed by atoms with Gasteiger partial charge in [0.05, 0.1) is 0 Å². The topological polar surface area (TPSA) is 15.7 Å². The van der Waals surface area contributed by atoms with Gasteiger partial charge in [-0.25, -0.2) is 0 Å². The SMILES string of the molecule is C=CCN(CC=C)Cc1cccc(C)c1Oc1c(C)cccc1CN(CC=C)CC=C. The first-order chi connectivity index (χ1) is 15.0. The standard InChI is InChI=1S/C28H36N2O/c1-7-17-29(18-8-2)21-25-15-11-13-23(5)27(25)31-28-24(6)14-12-16-26(28)22-30(19-9-3)20-10-4/h7-16H,1-4,17-22H2,5-6H3. The van der Waals surface area contributed by atoms with E-state index in [4.69, 9.17) is 4.74 Å². The van der Waals surface area contributed by atoms with Crippen molar-refractivity contribution < 1.29 is 4.74 Å². The lowest BCUT2D eigenvalue weighted by atomic mass is 10.1. The van der Waals surface area contributed by atoms with Crippen LogP contribution in [0.4, 0.5) is 0 Å². The summed E-state index contributed by atoms with van der Waals surface area (Å²) in [7, 11) is 0. The Kier molecular flexibility index (Phi) is 10.0. The monoisotopic (exact) mass is 416 g/mol. The zero-order valence-electron chi connectivity index (χ0n) is 19.1. The fourth-order valence-corrected chi connectivity index (χ4v) is 3.69. The van der Waals surface area contributed by atoms with Crippen molar-refractivity contribution >= 4 is 0 Å². The Labute approximate surface area is 188 Å². The molecule has 0 bridgehead atoms. The highest BCUT2D eigenvalue weighted by atomic mass is 16.5. The third-order valence-corrected chi connectivity index (χ3v) is 5.13. The Balaban J connectivity index is 2.40. The molecule has 0 fully saturated rings. The van der Waals surface area contributed by atoms with E-state index in [0.29, 0.717) is 0 Å². The molecule has 2 rings (SSSR count). The number of para-hydroxylation sites is 2. The van der Waals surface area contributed by atoms with Gasteiger partial charge in [-0.2, -0.15) is 0 Å². The second kappa shape index (κ2) is 12.7. The van der Waals surface area contributed by atoms with Gasteiger partial charge in [-0.3, -0.25) is 9.80 Å². The summed E-state index contributed by atoms with van der Waals surface area (Å²) in [6, 6.07) is 12.7. The van der Waals surface area contributed by atoms with Gasteiger partial charge in [0.2, 0.25) is 0 Å². The molecule has 2 aromatic rings. The minimum Gasteiger partial charge on any atom is -0.456 e. The Bertz CT molecular complexity index is 806. The van der Waals surface area contributed by atoms with E-state index in [1.807, 2.05) is 24.3 Å². The molecule has 0 atom stereocenters. The van der Waals surface area contributed by atoms with Gasteiger partial charge in [0.1, 0.15) is 11.5 Å². The van der Waals surface area contributed by atoms with Gasteiger partial charge in [0.15, 0.2) is 0 Å². The first-order valence-corrected chi connectivity index (χ1v) is 10.8. The van der Waals surface area contributed by atoms with Gasteiger partial charge in [0.25, 0.3) is 0 Å². The molecule has 0 aliphatic carbocycles. The van der Waals surface area contributed by atoms with Crippen molar-refractivity contribution in [1.29, 1.82) is 0 Å². The molecule has 0 amide bonds. The molecule has 0 aliphatic heterocycles. The van der Waals surface area contributed by atoms with Gasteiger partial charge in [-0.05, 0) is 25.0 Å². The number of benzene rings is 2. The van der Waals surface area contributed by atoms with Crippen molar-refractivity contribution in [2.24, 2.45) is 0 Å². The fraction of sp³-hybridized carbons (Fsp3) is 0.286. The maximum atomic E-state index is 6.66. The van der Waals surface area contributed by atoms with E-state index in [-0.39, 0.29) is 0 Å². The molecule has 0 radical (unpaired) electrons. The molecule has 0 N–H and O–H groups in total. The van der Waals surface area contributed by atoms with Crippen molar-refractivity contribution in [3.05, 3.63) is 109 Å². The number of rotatable bonds is 14. The Hall–Kier alpha value is -2.88. The van der Waals surface area contributed by atoms with Gasteiger partial charge in [-0.15, -0.1) is 26.3 Å². The molecule has 0 saturated carbocycles. The van der Waals surface area contributed by atoms with Crippen LogP contribution in [0.1, 0.15) is 22.3 Å². The van der Waals surface area contributed by atoms with Crippen molar-refractivity contribution in [2.45, 2.75) is 26.9 Å². The highest BCUT2D eigenvalue weighted by molar-refractivity contribution is 5.48. The second-order valence-electron chi connectivity index (χ2n) is 7.77. The molecule has 0 saturated heterocycles. The summed E-state index contributed by atoms with van der Waals surface area (Å²) >= 11 is 0. The van der Waals surface area contributed by atoms with Gasteiger partial charge >= 0.3 is 0 Å². The molecular weight excluding hydrogens is 380 g/mol. The molecular formula is C28H36N2O. The molecule has 3 heteroatoms.